The van der Waals surface area contributed by atoms with Crippen LogP contribution in [0.2, 0.25) is 5.02 Å². The lowest BCUT2D eigenvalue weighted by Crippen LogP contribution is -2.45. The number of hydrogen-bond donors (Lipinski definition) is 2. The van der Waals surface area contributed by atoms with E-state index in [1.54, 1.807) is 24.3 Å². The number of carbonyl (C=O) groups is 2. The molecule has 1 saturated heterocycles. The summed E-state index contributed by atoms with van der Waals surface area (Å²) in [5, 5.41) is 12.1. The Bertz CT molecular complexity index is 517. The fraction of sp³-hybridized carbons (Fsp3) is 0.429. The van der Waals surface area contributed by atoms with E-state index >= 15 is 0 Å². The molecule has 0 aromatic heterocycles. The Balaban J connectivity index is 2.03. The highest BCUT2D eigenvalue weighted by molar-refractivity contribution is 6.30. The first-order valence-electron chi connectivity index (χ1n) is 6.70. The molecule has 1 aliphatic heterocycles. The lowest BCUT2D eigenvalue weighted by molar-refractivity contribution is -0.135. The van der Waals surface area contributed by atoms with Crippen molar-refractivity contribution in [3.63, 3.8) is 0 Å². The lowest BCUT2D eigenvalue weighted by Gasteiger charge is -2.22. The number of carbonyl (C=O) groups excluding carboxylic acids is 1. The van der Waals surface area contributed by atoms with Gasteiger partial charge >= 0.3 is 12.0 Å². The average molecular weight is 313 g/mol. The molecule has 6 nitrogen and oxygen atoms in total. The third-order valence-electron chi connectivity index (χ3n) is 3.16. The minimum absolute atomic E-state index is 0.00000983. The third-order valence-corrected chi connectivity index (χ3v) is 3.40. The molecule has 1 atom stereocenters. The highest BCUT2D eigenvalue weighted by Gasteiger charge is 2.21. The zero-order chi connectivity index (χ0) is 15.2. The number of aliphatic carboxylic acids is 1. The molecule has 2 amide bonds. The monoisotopic (exact) mass is 312 g/mol. The molecule has 1 aromatic carbocycles. The van der Waals surface area contributed by atoms with Gasteiger partial charge in [-0.25, -0.2) is 4.79 Å². The van der Waals surface area contributed by atoms with Crippen molar-refractivity contribution in [2.75, 3.05) is 24.6 Å². The lowest BCUT2D eigenvalue weighted by atomic mass is 10.2. The second-order valence-electron chi connectivity index (χ2n) is 4.78. The van der Waals surface area contributed by atoms with Gasteiger partial charge in [0.1, 0.15) is 6.54 Å². The van der Waals surface area contributed by atoms with E-state index in [1.165, 1.54) is 0 Å². The largest absolute Gasteiger partial charge is 0.480 e. The summed E-state index contributed by atoms with van der Waals surface area (Å²) < 4.78 is 5.42. The summed E-state index contributed by atoms with van der Waals surface area (Å²) in [6, 6.07) is 6.04. The summed E-state index contributed by atoms with van der Waals surface area (Å²) in [4.78, 5) is 24.3. The first kappa shape index (κ1) is 15.6. The Labute approximate surface area is 127 Å². The highest BCUT2D eigenvalue weighted by Crippen LogP contribution is 2.19. The van der Waals surface area contributed by atoms with Crippen LogP contribution in [0.15, 0.2) is 24.3 Å². The van der Waals surface area contributed by atoms with Crippen LogP contribution >= 0.6 is 11.6 Å². The normalized spacial score (nSPS) is 17.5. The van der Waals surface area contributed by atoms with Gasteiger partial charge in [-0.2, -0.15) is 0 Å². The molecule has 1 aromatic rings. The Morgan fingerprint density at radius 1 is 1.48 bits per heavy atom. The van der Waals surface area contributed by atoms with Crippen LogP contribution in [0.4, 0.5) is 10.5 Å². The van der Waals surface area contributed by atoms with Crippen LogP contribution in [0.1, 0.15) is 12.8 Å². The molecule has 1 unspecified atom stereocenters. The molecule has 7 heteroatoms. The number of ether oxygens (including phenoxy) is 1. The van der Waals surface area contributed by atoms with Crippen molar-refractivity contribution < 1.29 is 19.4 Å². The molecule has 0 spiro atoms. The Kier molecular flexibility index (Phi) is 5.41. The molecule has 21 heavy (non-hydrogen) atoms. The zero-order valence-corrected chi connectivity index (χ0v) is 12.2. The number of nitrogens with one attached hydrogen (secondary N) is 1. The number of anilines is 1. The molecule has 1 heterocycles. The highest BCUT2D eigenvalue weighted by atomic mass is 35.5. The smallest absolute Gasteiger partial charge is 0.323 e. The molecule has 0 aliphatic carbocycles. The molecule has 0 radical (unpaired) electrons. The first-order chi connectivity index (χ1) is 10.1. The fourth-order valence-corrected chi connectivity index (χ4v) is 2.35. The molecule has 2 N–H and O–H groups in total. The number of carboxylic acid groups (broad SMARTS) is 1. The van der Waals surface area contributed by atoms with Crippen molar-refractivity contribution in [2.24, 2.45) is 0 Å². The maximum absolute atomic E-state index is 12.2. The van der Waals surface area contributed by atoms with Crippen LogP contribution in [0.3, 0.4) is 0 Å². The van der Waals surface area contributed by atoms with E-state index in [0.717, 1.165) is 17.7 Å². The molecule has 114 valence electrons. The van der Waals surface area contributed by atoms with Gasteiger partial charge in [0, 0.05) is 23.9 Å². The number of carboxylic acids is 1. The number of rotatable bonds is 5. The van der Waals surface area contributed by atoms with E-state index in [0.29, 0.717) is 23.9 Å². The topological polar surface area (TPSA) is 78.9 Å². The van der Waals surface area contributed by atoms with E-state index < -0.39 is 18.5 Å². The Morgan fingerprint density at radius 2 is 2.29 bits per heavy atom. The van der Waals surface area contributed by atoms with Gasteiger partial charge in [0.25, 0.3) is 0 Å². The Morgan fingerprint density at radius 3 is 2.90 bits per heavy atom. The summed E-state index contributed by atoms with van der Waals surface area (Å²) >= 11 is 5.89. The first-order valence-corrected chi connectivity index (χ1v) is 7.08. The quantitative estimate of drug-likeness (QED) is 0.873. The number of hydrogen-bond acceptors (Lipinski definition) is 3. The molecule has 1 fully saturated rings. The second kappa shape index (κ2) is 7.28. The molecule has 0 bridgehead atoms. The number of halogens is 1. The molecule has 1 aliphatic rings. The Hall–Kier alpha value is -1.79. The van der Waals surface area contributed by atoms with Crippen LogP contribution < -0.4 is 10.2 Å². The zero-order valence-electron chi connectivity index (χ0n) is 11.4. The molecule has 0 saturated carbocycles. The summed E-state index contributed by atoms with van der Waals surface area (Å²) in [5.74, 6) is -1.10. The van der Waals surface area contributed by atoms with E-state index in [9.17, 15) is 9.59 Å². The van der Waals surface area contributed by atoms with Gasteiger partial charge in [0.15, 0.2) is 0 Å². The van der Waals surface area contributed by atoms with Gasteiger partial charge in [-0.3, -0.25) is 9.69 Å². The van der Waals surface area contributed by atoms with E-state index in [1.807, 2.05) is 0 Å². The van der Waals surface area contributed by atoms with Crippen LogP contribution in [0.5, 0.6) is 0 Å². The van der Waals surface area contributed by atoms with Crippen LogP contribution in [0.25, 0.3) is 0 Å². The van der Waals surface area contributed by atoms with E-state index in [-0.39, 0.29) is 6.10 Å². The van der Waals surface area contributed by atoms with Gasteiger partial charge in [0.2, 0.25) is 0 Å². The molecular formula is C14H17ClN2O4. The summed E-state index contributed by atoms with van der Waals surface area (Å²) in [5.41, 5.74) is 0.440. The minimum Gasteiger partial charge on any atom is -0.480 e. The van der Waals surface area contributed by atoms with Gasteiger partial charge in [-0.1, -0.05) is 17.7 Å². The standard InChI is InChI=1S/C14H17ClN2O4/c15-10-3-1-4-11(7-10)17(9-13(18)19)14(20)16-8-12-5-2-6-21-12/h1,3-4,7,12H,2,5-6,8-9H2,(H,16,20)(H,18,19). The van der Waals surface area contributed by atoms with Crippen LogP contribution in [-0.2, 0) is 9.53 Å². The molecular weight excluding hydrogens is 296 g/mol. The van der Waals surface area contributed by atoms with Crippen LogP contribution in [0, 0.1) is 0 Å². The number of nitrogens with zero attached hydrogens (tertiary/aromatic N) is 1. The summed E-state index contributed by atoms with van der Waals surface area (Å²) in [6.45, 7) is 0.640. The average Bonchev–Trinajstić information content (AvgIpc) is 2.95. The van der Waals surface area contributed by atoms with Crippen molar-refractivity contribution in [1.29, 1.82) is 0 Å². The number of urea groups is 1. The predicted molar refractivity (Wildman–Crippen MR) is 78.8 cm³/mol. The van der Waals surface area contributed by atoms with Crippen LogP contribution in [-0.4, -0.2) is 42.9 Å². The van der Waals surface area contributed by atoms with E-state index in [2.05, 4.69) is 5.32 Å². The maximum atomic E-state index is 12.2. The molecule has 2 rings (SSSR count). The van der Waals surface area contributed by atoms with Crippen molar-refractivity contribution in [3.8, 4) is 0 Å². The van der Waals surface area contributed by atoms with Crippen molar-refractivity contribution >= 4 is 29.3 Å². The number of benzene rings is 1. The summed E-state index contributed by atoms with van der Waals surface area (Å²) in [7, 11) is 0. The van der Waals surface area contributed by atoms with Gasteiger partial charge in [0.05, 0.1) is 6.10 Å². The van der Waals surface area contributed by atoms with Gasteiger partial charge in [-0.15, -0.1) is 0 Å². The second-order valence-corrected chi connectivity index (χ2v) is 5.22. The van der Waals surface area contributed by atoms with E-state index in [4.69, 9.17) is 21.4 Å². The van der Waals surface area contributed by atoms with Gasteiger partial charge in [-0.05, 0) is 31.0 Å². The maximum Gasteiger partial charge on any atom is 0.323 e. The van der Waals surface area contributed by atoms with Crippen molar-refractivity contribution in [2.45, 2.75) is 18.9 Å². The SMILES string of the molecule is O=C(O)CN(C(=O)NCC1CCCO1)c1cccc(Cl)c1. The third kappa shape index (κ3) is 4.61. The van der Waals surface area contributed by atoms with Crippen molar-refractivity contribution in [1.82, 2.24) is 5.32 Å². The summed E-state index contributed by atoms with van der Waals surface area (Å²) in [6.07, 6.45) is 1.88. The van der Waals surface area contributed by atoms with Gasteiger partial charge < -0.3 is 15.2 Å². The predicted octanol–water partition coefficient (Wildman–Crippen LogP) is 2.12. The fourth-order valence-electron chi connectivity index (χ4n) is 2.16. The minimum atomic E-state index is -1.10. The number of amides is 2. The van der Waals surface area contributed by atoms with Crippen molar-refractivity contribution in [3.05, 3.63) is 29.3 Å².